The van der Waals surface area contributed by atoms with Crippen molar-refractivity contribution in [3.05, 3.63) is 28.7 Å². The van der Waals surface area contributed by atoms with Crippen LogP contribution in [0, 0.1) is 16.7 Å². The van der Waals surface area contributed by atoms with E-state index in [1.165, 1.54) is 10.7 Å². The Morgan fingerprint density at radius 1 is 1.36 bits per heavy atom. The molecule has 3 aliphatic rings. The minimum atomic E-state index is -0.884. The van der Waals surface area contributed by atoms with E-state index in [0.717, 1.165) is 25.7 Å². The fourth-order valence-corrected chi connectivity index (χ4v) is 4.70. The van der Waals surface area contributed by atoms with E-state index in [2.05, 4.69) is 11.2 Å². The van der Waals surface area contributed by atoms with Gasteiger partial charge in [0.25, 0.3) is 5.56 Å². The Kier molecular flexibility index (Phi) is 5.21. The molecular weight excluding hydrogens is 360 g/mol. The number of hydrogen-bond acceptors (Lipinski definition) is 6. The van der Waals surface area contributed by atoms with E-state index in [0.29, 0.717) is 45.7 Å². The second-order valence-corrected chi connectivity index (χ2v) is 8.19. The summed E-state index contributed by atoms with van der Waals surface area (Å²) in [5, 5.41) is 13.8. The number of aromatic nitrogens is 2. The summed E-state index contributed by atoms with van der Waals surface area (Å²) in [6.07, 6.45) is 6.09. The fraction of sp³-hybridized carbons (Fsp3) is 0.700. The molecule has 1 aliphatic carbocycles. The number of hydrogen-bond donors (Lipinski definition) is 0. The molecule has 28 heavy (non-hydrogen) atoms. The lowest BCUT2D eigenvalue weighted by atomic mass is 9.85. The number of nitrogens with zero attached hydrogens (tertiary/aromatic N) is 4. The van der Waals surface area contributed by atoms with Crippen molar-refractivity contribution in [3.8, 4) is 6.07 Å². The van der Waals surface area contributed by atoms with E-state index in [1.807, 2.05) is 0 Å². The van der Waals surface area contributed by atoms with Crippen molar-refractivity contribution in [2.45, 2.75) is 56.8 Å². The molecule has 3 fully saturated rings. The second-order valence-electron chi connectivity index (χ2n) is 8.19. The molecular formula is C20H26N4O4. The molecule has 0 aromatic carbocycles. The van der Waals surface area contributed by atoms with Gasteiger partial charge in [-0.05, 0) is 31.7 Å². The van der Waals surface area contributed by atoms with Crippen LogP contribution >= 0.6 is 0 Å². The zero-order chi connectivity index (χ0) is 19.6. The van der Waals surface area contributed by atoms with Gasteiger partial charge in [0.2, 0.25) is 5.91 Å². The van der Waals surface area contributed by atoms with E-state index < -0.39 is 11.0 Å². The van der Waals surface area contributed by atoms with Gasteiger partial charge in [-0.3, -0.25) is 9.59 Å². The summed E-state index contributed by atoms with van der Waals surface area (Å²) < 4.78 is 13.5. The molecule has 1 amide bonds. The molecule has 8 heteroatoms. The predicted octanol–water partition coefficient (Wildman–Crippen LogP) is 1.10. The van der Waals surface area contributed by atoms with Crippen molar-refractivity contribution in [3.63, 3.8) is 0 Å². The van der Waals surface area contributed by atoms with Gasteiger partial charge in [-0.1, -0.05) is 12.8 Å². The van der Waals surface area contributed by atoms with Crippen LogP contribution in [0.1, 0.15) is 38.5 Å². The summed E-state index contributed by atoms with van der Waals surface area (Å²) in [7, 11) is 0. The zero-order valence-electron chi connectivity index (χ0n) is 16.0. The normalized spacial score (nSPS) is 29.5. The maximum atomic E-state index is 13.2. The SMILES string of the molecule is N#CC1(C(=O)N2CCOC[C@]3(CCC(Cn4ncccc4=O)O3)C2)CCCC1. The molecule has 2 atom stereocenters. The maximum absolute atomic E-state index is 13.2. The molecule has 2 aliphatic heterocycles. The summed E-state index contributed by atoms with van der Waals surface area (Å²) in [5.41, 5.74) is -1.62. The van der Waals surface area contributed by atoms with Crippen LogP contribution in [0.4, 0.5) is 0 Å². The molecule has 1 saturated carbocycles. The molecule has 4 rings (SSSR count). The van der Waals surface area contributed by atoms with Gasteiger partial charge in [0.15, 0.2) is 0 Å². The molecule has 150 valence electrons. The van der Waals surface area contributed by atoms with Crippen molar-refractivity contribution in [2.24, 2.45) is 5.41 Å². The smallest absolute Gasteiger partial charge is 0.266 e. The third-order valence-corrected chi connectivity index (χ3v) is 6.22. The van der Waals surface area contributed by atoms with E-state index in [-0.39, 0.29) is 17.6 Å². The largest absolute Gasteiger partial charge is 0.377 e. The minimum absolute atomic E-state index is 0.0784. The van der Waals surface area contributed by atoms with Crippen molar-refractivity contribution in [1.82, 2.24) is 14.7 Å². The predicted molar refractivity (Wildman–Crippen MR) is 99.2 cm³/mol. The van der Waals surface area contributed by atoms with Crippen molar-refractivity contribution >= 4 is 5.91 Å². The molecule has 2 saturated heterocycles. The van der Waals surface area contributed by atoms with Crippen LogP contribution in [-0.2, 0) is 20.8 Å². The zero-order valence-corrected chi connectivity index (χ0v) is 16.0. The first-order chi connectivity index (χ1) is 13.6. The third kappa shape index (κ3) is 3.56. The minimum Gasteiger partial charge on any atom is -0.377 e. The maximum Gasteiger partial charge on any atom is 0.266 e. The first-order valence-corrected chi connectivity index (χ1v) is 10.0. The Labute approximate surface area is 164 Å². The fourth-order valence-electron chi connectivity index (χ4n) is 4.70. The highest BCUT2D eigenvalue weighted by Crippen LogP contribution is 2.41. The summed E-state index contributed by atoms with van der Waals surface area (Å²) in [4.78, 5) is 26.9. The summed E-state index contributed by atoms with van der Waals surface area (Å²) in [6, 6.07) is 5.40. The summed E-state index contributed by atoms with van der Waals surface area (Å²) >= 11 is 0. The number of ether oxygens (including phenoxy) is 2. The number of nitriles is 1. The molecule has 1 aromatic rings. The Hall–Kier alpha value is -2.24. The van der Waals surface area contributed by atoms with E-state index in [4.69, 9.17) is 9.47 Å². The Morgan fingerprint density at radius 2 is 2.18 bits per heavy atom. The Bertz CT molecular complexity index is 826. The molecule has 3 heterocycles. The number of carbonyl (C=O) groups is 1. The molecule has 0 bridgehead atoms. The van der Waals surface area contributed by atoms with Crippen LogP contribution in [0.15, 0.2) is 23.1 Å². The topological polar surface area (TPSA) is 97.5 Å². The van der Waals surface area contributed by atoms with Crippen LogP contribution in [0.25, 0.3) is 0 Å². The Morgan fingerprint density at radius 3 is 2.93 bits per heavy atom. The summed E-state index contributed by atoms with van der Waals surface area (Å²) in [5.74, 6) is -0.0784. The van der Waals surface area contributed by atoms with Crippen LogP contribution in [0.2, 0.25) is 0 Å². The van der Waals surface area contributed by atoms with Crippen molar-refractivity contribution in [1.29, 1.82) is 5.26 Å². The van der Waals surface area contributed by atoms with Crippen molar-refractivity contribution in [2.75, 3.05) is 26.3 Å². The first kappa shape index (κ1) is 19.1. The lowest BCUT2D eigenvalue weighted by Gasteiger charge is -2.35. The highest BCUT2D eigenvalue weighted by molar-refractivity contribution is 5.86. The van der Waals surface area contributed by atoms with Crippen LogP contribution in [-0.4, -0.2) is 58.6 Å². The third-order valence-electron chi connectivity index (χ3n) is 6.22. The van der Waals surface area contributed by atoms with Crippen molar-refractivity contribution < 1.29 is 14.3 Å². The van der Waals surface area contributed by atoms with E-state index in [1.54, 1.807) is 17.2 Å². The molecule has 1 spiro atoms. The highest BCUT2D eigenvalue weighted by Gasteiger charge is 2.49. The van der Waals surface area contributed by atoms with Gasteiger partial charge in [-0.25, -0.2) is 4.68 Å². The molecule has 1 aromatic heterocycles. The van der Waals surface area contributed by atoms with Crippen LogP contribution in [0.5, 0.6) is 0 Å². The average molecular weight is 386 g/mol. The number of amides is 1. The monoisotopic (exact) mass is 386 g/mol. The second kappa shape index (κ2) is 7.64. The number of rotatable bonds is 3. The quantitative estimate of drug-likeness (QED) is 0.772. The summed E-state index contributed by atoms with van der Waals surface area (Å²) in [6.45, 7) is 2.17. The van der Waals surface area contributed by atoms with Crippen LogP contribution < -0.4 is 5.56 Å². The van der Waals surface area contributed by atoms with Gasteiger partial charge in [0.1, 0.15) is 11.0 Å². The number of carbonyl (C=O) groups excluding carboxylic acids is 1. The lowest BCUT2D eigenvalue weighted by Crippen LogP contribution is -2.50. The molecule has 1 unspecified atom stereocenters. The molecule has 0 N–H and O–H groups in total. The average Bonchev–Trinajstić information content (AvgIpc) is 3.28. The molecule has 8 nitrogen and oxygen atoms in total. The Balaban J connectivity index is 1.47. The van der Waals surface area contributed by atoms with Gasteiger partial charge in [-0.15, -0.1) is 0 Å². The van der Waals surface area contributed by atoms with Gasteiger partial charge < -0.3 is 14.4 Å². The standard InChI is InChI=1S/C20H26N4O4/c21-13-19(6-1-2-7-19)18(26)23-10-11-27-15-20(14-23)8-5-16(28-20)12-24-17(25)4-3-9-22-24/h3-4,9,16H,1-2,5-8,10-12,14-15H2/t16?,20-/m0/s1. The lowest BCUT2D eigenvalue weighted by molar-refractivity contribution is -0.143. The molecule has 0 radical (unpaired) electrons. The van der Waals surface area contributed by atoms with E-state index in [9.17, 15) is 14.9 Å². The highest BCUT2D eigenvalue weighted by atomic mass is 16.6. The van der Waals surface area contributed by atoms with E-state index >= 15 is 0 Å². The van der Waals surface area contributed by atoms with Gasteiger partial charge >= 0.3 is 0 Å². The first-order valence-electron chi connectivity index (χ1n) is 10.0. The van der Waals surface area contributed by atoms with Crippen LogP contribution in [0.3, 0.4) is 0 Å². The van der Waals surface area contributed by atoms with Gasteiger partial charge in [0.05, 0.1) is 38.5 Å². The van der Waals surface area contributed by atoms with Gasteiger partial charge in [-0.2, -0.15) is 10.4 Å². The van der Waals surface area contributed by atoms with Gasteiger partial charge in [0, 0.05) is 18.8 Å².